The van der Waals surface area contributed by atoms with Crippen molar-refractivity contribution in [3.05, 3.63) is 59.4 Å². The highest BCUT2D eigenvalue weighted by molar-refractivity contribution is 7.89. The molecule has 0 saturated carbocycles. The fraction of sp³-hybridized carbons (Fsp3) is 0.133. The second-order valence-electron chi connectivity index (χ2n) is 4.77. The Balaban J connectivity index is 1.95. The minimum absolute atomic E-state index is 0.0950. The molecule has 0 unspecified atom stereocenters. The Morgan fingerprint density at radius 1 is 1.21 bits per heavy atom. The molecule has 2 rings (SSSR count). The largest absolute Gasteiger partial charge is 0.481 e. The zero-order chi connectivity index (χ0) is 17.7. The summed E-state index contributed by atoms with van der Waals surface area (Å²) in [6.07, 6.45) is -1.00. The van der Waals surface area contributed by atoms with Gasteiger partial charge in [0.2, 0.25) is 0 Å². The number of rotatable bonds is 6. The maximum absolute atomic E-state index is 12.8. The summed E-state index contributed by atoms with van der Waals surface area (Å²) in [6.45, 7) is 1.42. The van der Waals surface area contributed by atoms with Gasteiger partial charge in [-0.15, -0.1) is 4.83 Å². The van der Waals surface area contributed by atoms with E-state index in [1.807, 2.05) is 4.83 Å². The summed E-state index contributed by atoms with van der Waals surface area (Å²) in [5.41, 5.74) is 2.05. The Kier molecular flexibility index (Phi) is 5.76. The van der Waals surface area contributed by atoms with Crippen molar-refractivity contribution in [1.29, 1.82) is 0 Å². The molecule has 0 saturated heterocycles. The van der Waals surface area contributed by atoms with E-state index < -0.39 is 27.9 Å². The Labute approximate surface area is 143 Å². The molecular formula is C15H14ClFN2O4S. The fourth-order valence-corrected chi connectivity index (χ4v) is 2.83. The van der Waals surface area contributed by atoms with Crippen molar-refractivity contribution in [3.8, 4) is 5.75 Å². The maximum Gasteiger partial charge on any atom is 0.275 e. The molecule has 1 atom stereocenters. The van der Waals surface area contributed by atoms with Crippen LogP contribution in [0.3, 0.4) is 0 Å². The highest BCUT2D eigenvalue weighted by Gasteiger charge is 2.19. The number of ether oxygens (including phenoxy) is 1. The van der Waals surface area contributed by atoms with Crippen LogP contribution in [0.5, 0.6) is 5.75 Å². The number of hydrogen-bond donors (Lipinski definition) is 2. The molecule has 6 nitrogen and oxygen atoms in total. The zero-order valence-electron chi connectivity index (χ0n) is 12.5. The van der Waals surface area contributed by atoms with E-state index in [1.54, 1.807) is 0 Å². The van der Waals surface area contributed by atoms with Crippen molar-refractivity contribution in [2.45, 2.75) is 17.9 Å². The number of carbonyl (C=O) groups is 1. The fourth-order valence-electron chi connectivity index (χ4n) is 1.68. The number of amides is 1. The van der Waals surface area contributed by atoms with Crippen LogP contribution < -0.4 is 15.0 Å². The predicted octanol–water partition coefficient (Wildman–Crippen LogP) is 2.26. The third-order valence-corrected chi connectivity index (χ3v) is 4.39. The Morgan fingerprint density at radius 3 is 2.50 bits per heavy atom. The summed E-state index contributed by atoms with van der Waals surface area (Å²) < 4.78 is 42.2. The molecule has 2 aromatic carbocycles. The summed E-state index contributed by atoms with van der Waals surface area (Å²) in [7, 11) is -3.96. The van der Waals surface area contributed by atoms with Gasteiger partial charge >= 0.3 is 0 Å². The molecule has 0 bridgehead atoms. The molecule has 24 heavy (non-hydrogen) atoms. The van der Waals surface area contributed by atoms with Crippen LogP contribution in [0.25, 0.3) is 0 Å². The van der Waals surface area contributed by atoms with Crippen LogP contribution >= 0.6 is 11.6 Å². The highest BCUT2D eigenvalue weighted by Crippen LogP contribution is 2.15. The molecule has 0 radical (unpaired) electrons. The van der Waals surface area contributed by atoms with E-state index in [9.17, 15) is 17.6 Å². The van der Waals surface area contributed by atoms with Gasteiger partial charge in [0, 0.05) is 5.02 Å². The molecule has 0 fully saturated rings. The summed E-state index contributed by atoms with van der Waals surface area (Å²) in [4.78, 5) is 13.8. The van der Waals surface area contributed by atoms with Crippen LogP contribution in [0, 0.1) is 5.82 Å². The van der Waals surface area contributed by atoms with Gasteiger partial charge in [-0.3, -0.25) is 10.2 Å². The molecule has 2 N–H and O–H groups in total. The minimum atomic E-state index is -3.96. The van der Waals surface area contributed by atoms with E-state index in [-0.39, 0.29) is 15.7 Å². The van der Waals surface area contributed by atoms with Gasteiger partial charge in [0.25, 0.3) is 15.9 Å². The Hall–Kier alpha value is -2.16. The molecule has 0 aliphatic carbocycles. The predicted molar refractivity (Wildman–Crippen MR) is 86.4 cm³/mol. The first-order chi connectivity index (χ1) is 11.3. The topological polar surface area (TPSA) is 84.5 Å². The van der Waals surface area contributed by atoms with Gasteiger partial charge in [-0.1, -0.05) is 17.7 Å². The standard InChI is InChI=1S/C15H14ClFN2O4S/c1-10(23-13-7-5-12(17)6-8-13)15(20)18-19-24(21,22)14-4-2-3-11(16)9-14/h2-10,19H,1H3,(H,18,20)/t10-/m0/s1. The number of hydrogen-bond acceptors (Lipinski definition) is 4. The van der Waals surface area contributed by atoms with Crippen LogP contribution in [0.2, 0.25) is 5.02 Å². The van der Waals surface area contributed by atoms with Crippen molar-refractivity contribution in [3.63, 3.8) is 0 Å². The number of nitrogens with one attached hydrogen (secondary N) is 2. The molecule has 0 heterocycles. The normalized spacial score (nSPS) is 12.5. The molecule has 1 amide bonds. The molecule has 2 aromatic rings. The van der Waals surface area contributed by atoms with Gasteiger partial charge in [-0.25, -0.2) is 12.8 Å². The number of sulfonamides is 1. The molecule has 0 aliphatic heterocycles. The average Bonchev–Trinajstić information content (AvgIpc) is 2.55. The van der Waals surface area contributed by atoms with E-state index in [1.165, 1.54) is 55.5 Å². The number of hydrazine groups is 1. The van der Waals surface area contributed by atoms with Crippen molar-refractivity contribution in [2.24, 2.45) is 0 Å². The average molecular weight is 373 g/mol. The molecule has 0 aromatic heterocycles. The molecule has 128 valence electrons. The summed E-state index contributed by atoms with van der Waals surface area (Å²) in [5, 5.41) is 0.247. The van der Waals surface area contributed by atoms with Gasteiger partial charge in [0.1, 0.15) is 11.6 Å². The van der Waals surface area contributed by atoms with Gasteiger partial charge in [0.05, 0.1) is 4.90 Å². The highest BCUT2D eigenvalue weighted by atomic mass is 35.5. The van der Waals surface area contributed by atoms with Gasteiger partial charge < -0.3 is 4.74 Å². The SMILES string of the molecule is C[C@H](Oc1ccc(F)cc1)C(=O)NNS(=O)(=O)c1cccc(Cl)c1. The monoisotopic (exact) mass is 372 g/mol. The Bertz CT molecular complexity index is 828. The first-order valence-corrected chi connectivity index (χ1v) is 8.63. The first-order valence-electron chi connectivity index (χ1n) is 6.77. The van der Waals surface area contributed by atoms with Crippen LogP contribution in [-0.2, 0) is 14.8 Å². The third kappa shape index (κ3) is 4.92. The summed E-state index contributed by atoms with van der Waals surface area (Å²) in [6, 6.07) is 10.7. The van der Waals surface area contributed by atoms with Gasteiger partial charge in [0.15, 0.2) is 6.10 Å². The van der Waals surface area contributed by atoms with Crippen molar-refractivity contribution in [1.82, 2.24) is 10.3 Å². The molecule has 0 spiro atoms. The zero-order valence-corrected chi connectivity index (χ0v) is 14.1. The summed E-state index contributed by atoms with van der Waals surface area (Å²) >= 11 is 5.74. The lowest BCUT2D eigenvalue weighted by Gasteiger charge is -2.15. The van der Waals surface area contributed by atoms with E-state index in [0.29, 0.717) is 0 Å². The smallest absolute Gasteiger partial charge is 0.275 e. The van der Waals surface area contributed by atoms with Gasteiger partial charge in [-0.2, -0.15) is 0 Å². The number of halogens is 2. The third-order valence-electron chi connectivity index (χ3n) is 2.91. The second-order valence-corrected chi connectivity index (χ2v) is 6.88. The van der Waals surface area contributed by atoms with Crippen molar-refractivity contribution < 1.29 is 22.3 Å². The van der Waals surface area contributed by atoms with Crippen LogP contribution in [0.1, 0.15) is 6.92 Å². The van der Waals surface area contributed by atoms with E-state index in [4.69, 9.17) is 16.3 Å². The maximum atomic E-state index is 12.8. The van der Waals surface area contributed by atoms with Crippen molar-refractivity contribution >= 4 is 27.5 Å². The lowest BCUT2D eigenvalue weighted by molar-refractivity contribution is -0.127. The van der Waals surface area contributed by atoms with Crippen molar-refractivity contribution in [2.75, 3.05) is 0 Å². The van der Waals surface area contributed by atoms with E-state index >= 15 is 0 Å². The molecular weight excluding hydrogens is 359 g/mol. The lowest BCUT2D eigenvalue weighted by atomic mass is 10.3. The van der Waals surface area contributed by atoms with Crippen LogP contribution in [0.15, 0.2) is 53.4 Å². The van der Waals surface area contributed by atoms with E-state index in [2.05, 4.69) is 5.43 Å². The van der Waals surface area contributed by atoms with Crippen LogP contribution in [0.4, 0.5) is 4.39 Å². The molecule has 9 heteroatoms. The van der Waals surface area contributed by atoms with E-state index in [0.717, 1.165) is 0 Å². The lowest BCUT2D eigenvalue weighted by Crippen LogP contribution is -2.47. The number of benzene rings is 2. The summed E-state index contributed by atoms with van der Waals surface area (Å²) in [5.74, 6) is -0.879. The first kappa shape index (κ1) is 18.2. The Morgan fingerprint density at radius 2 is 1.88 bits per heavy atom. The molecule has 0 aliphatic rings. The quantitative estimate of drug-likeness (QED) is 0.762. The second kappa shape index (κ2) is 7.61. The minimum Gasteiger partial charge on any atom is -0.481 e. The van der Waals surface area contributed by atoms with Crippen LogP contribution in [-0.4, -0.2) is 20.4 Å². The van der Waals surface area contributed by atoms with Gasteiger partial charge in [-0.05, 0) is 49.4 Å². The number of carbonyl (C=O) groups excluding carboxylic acids is 1.